The molecule has 3 aromatic carbocycles. The lowest BCUT2D eigenvalue weighted by Crippen LogP contribution is -2.47. The van der Waals surface area contributed by atoms with Crippen LogP contribution in [-0.2, 0) is 0 Å². The molecular formula is C28H29Cl3N4O5. The molecule has 0 atom stereocenters. The van der Waals surface area contributed by atoms with Crippen LogP contribution in [0.4, 0.5) is 5.69 Å². The number of nitrogens with one attached hydrogen (secondary N) is 1. The minimum absolute atomic E-state index is 0.0762. The van der Waals surface area contributed by atoms with Gasteiger partial charge in [-0.25, -0.2) is 5.43 Å². The Balaban J connectivity index is 1.31. The molecule has 212 valence electrons. The fourth-order valence-electron chi connectivity index (χ4n) is 4.18. The van der Waals surface area contributed by atoms with Crippen LogP contribution in [0.1, 0.15) is 15.9 Å². The topological polar surface area (TPSA) is 95.9 Å². The number of phenolic OH excluding ortho intramolecular Hbond substituents is 1. The van der Waals surface area contributed by atoms with Gasteiger partial charge in [0.2, 0.25) is 5.75 Å². The second-order valence-corrected chi connectivity index (χ2v) is 10.1. The lowest BCUT2D eigenvalue weighted by Gasteiger charge is -2.36. The van der Waals surface area contributed by atoms with Crippen LogP contribution in [0.5, 0.6) is 23.0 Å². The second kappa shape index (κ2) is 13.8. The van der Waals surface area contributed by atoms with Crippen molar-refractivity contribution in [3.63, 3.8) is 0 Å². The second-order valence-electron chi connectivity index (χ2n) is 8.90. The van der Waals surface area contributed by atoms with E-state index in [1.807, 2.05) is 18.2 Å². The fourth-order valence-corrected chi connectivity index (χ4v) is 4.66. The molecule has 1 aliphatic rings. The molecule has 9 nitrogen and oxygen atoms in total. The number of phenols is 1. The first-order valence-electron chi connectivity index (χ1n) is 12.4. The first-order chi connectivity index (χ1) is 19.3. The van der Waals surface area contributed by atoms with Crippen LogP contribution in [0.15, 0.2) is 53.6 Å². The fraction of sp³-hybridized carbons (Fsp3) is 0.286. The van der Waals surface area contributed by atoms with Crippen LogP contribution in [0, 0.1) is 0 Å². The third-order valence-corrected chi connectivity index (χ3v) is 7.41. The minimum atomic E-state index is -0.477. The SMILES string of the molecule is COc1cc(/C=N/NC(=O)c2ccc(O)c(Cl)c2)cc(OC)c1OCCN1CCN(c2ccc(Cl)c(Cl)c2)CC1. The monoisotopic (exact) mass is 606 g/mol. The zero-order valence-corrected chi connectivity index (χ0v) is 24.3. The predicted molar refractivity (Wildman–Crippen MR) is 158 cm³/mol. The third-order valence-electron chi connectivity index (χ3n) is 6.37. The first-order valence-corrected chi connectivity index (χ1v) is 13.6. The molecule has 0 bridgehead atoms. The van der Waals surface area contributed by atoms with Crippen LogP contribution >= 0.6 is 34.8 Å². The molecule has 0 aromatic heterocycles. The molecule has 2 N–H and O–H groups in total. The van der Waals surface area contributed by atoms with Crippen molar-refractivity contribution in [1.29, 1.82) is 0 Å². The van der Waals surface area contributed by atoms with Gasteiger partial charge in [0.15, 0.2) is 11.5 Å². The van der Waals surface area contributed by atoms with Crippen LogP contribution < -0.4 is 24.5 Å². The van der Waals surface area contributed by atoms with Crippen LogP contribution in [0.25, 0.3) is 0 Å². The van der Waals surface area contributed by atoms with Crippen LogP contribution in [-0.4, -0.2) is 75.7 Å². The Kier molecular flexibility index (Phi) is 10.2. The largest absolute Gasteiger partial charge is 0.506 e. The molecule has 1 amide bonds. The number of hydrogen-bond donors (Lipinski definition) is 2. The van der Waals surface area contributed by atoms with Gasteiger partial charge < -0.3 is 24.2 Å². The lowest BCUT2D eigenvalue weighted by atomic mass is 10.2. The number of carbonyl (C=O) groups is 1. The highest BCUT2D eigenvalue weighted by Gasteiger charge is 2.19. The van der Waals surface area contributed by atoms with E-state index < -0.39 is 5.91 Å². The van der Waals surface area contributed by atoms with Gasteiger partial charge in [0.25, 0.3) is 5.91 Å². The third kappa shape index (κ3) is 7.42. The van der Waals surface area contributed by atoms with E-state index in [1.165, 1.54) is 24.4 Å². The minimum Gasteiger partial charge on any atom is -0.506 e. The number of benzene rings is 3. The maximum Gasteiger partial charge on any atom is 0.271 e. The van der Waals surface area contributed by atoms with Crippen molar-refractivity contribution in [1.82, 2.24) is 10.3 Å². The van der Waals surface area contributed by atoms with Crippen molar-refractivity contribution in [2.24, 2.45) is 5.10 Å². The summed E-state index contributed by atoms with van der Waals surface area (Å²) in [6.07, 6.45) is 1.46. The lowest BCUT2D eigenvalue weighted by molar-refractivity contribution is 0.0955. The van der Waals surface area contributed by atoms with Crippen molar-refractivity contribution in [2.45, 2.75) is 0 Å². The number of amides is 1. The van der Waals surface area contributed by atoms with Gasteiger partial charge in [0.1, 0.15) is 12.4 Å². The van der Waals surface area contributed by atoms with E-state index in [1.54, 1.807) is 26.4 Å². The average molecular weight is 608 g/mol. The molecule has 40 heavy (non-hydrogen) atoms. The summed E-state index contributed by atoms with van der Waals surface area (Å²) in [7, 11) is 3.09. The number of piperazine rings is 1. The van der Waals surface area contributed by atoms with E-state index in [-0.39, 0.29) is 16.3 Å². The van der Waals surface area contributed by atoms with Crippen LogP contribution in [0.2, 0.25) is 15.1 Å². The zero-order chi connectivity index (χ0) is 28.6. The van der Waals surface area contributed by atoms with Gasteiger partial charge in [-0.15, -0.1) is 0 Å². The van der Waals surface area contributed by atoms with E-state index in [2.05, 4.69) is 20.3 Å². The van der Waals surface area contributed by atoms with Gasteiger partial charge in [0, 0.05) is 49.5 Å². The molecule has 3 aromatic rings. The summed E-state index contributed by atoms with van der Waals surface area (Å²) in [6, 6.07) is 13.3. The van der Waals surface area contributed by atoms with Gasteiger partial charge in [-0.2, -0.15) is 5.10 Å². The molecule has 0 saturated carbocycles. The smallest absolute Gasteiger partial charge is 0.271 e. The summed E-state index contributed by atoms with van der Waals surface area (Å²) in [4.78, 5) is 16.9. The molecule has 1 saturated heterocycles. The van der Waals surface area contributed by atoms with E-state index in [0.717, 1.165) is 38.4 Å². The van der Waals surface area contributed by atoms with Crippen LogP contribution in [0.3, 0.4) is 0 Å². The van der Waals surface area contributed by atoms with E-state index in [4.69, 9.17) is 49.0 Å². The molecule has 12 heteroatoms. The number of anilines is 1. The maximum absolute atomic E-state index is 12.3. The Hall–Kier alpha value is -3.37. The van der Waals surface area contributed by atoms with Gasteiger partial charge >= 0.3 is 0 Å². The Morgan fingerprint density at radius 3 is 2.27 bits per heavy atom. The molecule has 0 unspecified atom stereocenters. The van der Waals surface area contributed by atoms with Gasteiger partial charge in [-0.05, 0) is 48.5 Å². The maximum atomic E-state index is 12.3. The first kappa shape index (κ1) is 29.6. The summed E-state index contributed by atoms with van der Waals surface area (Å²) in [5.74, 6) is 0.851. The standard InChI is InChI=1S/C28H29Cl3N4O5/c1-38-25-13-18(17-32-33-28(37)19-3-6-24(36)23(31)15-19)14-26(39-2)27(25)40-12-11-34-7-9-35(10-8-34)20-4-5-21(29)22(30)16-20/h3-6,13-17,36H,7-12H2,1-2H3,(H,33,37)/b32-17+. The Bertz CT molecular complexity index is 1360. The number of aromatic hydroxyl groups is 1. The number of ether oxygens (including phenoxy) is 3. The van der Waals surface area contributed by atoms with Crippen molar-refractivity contribution < 1.29 is 24.1 Å². The highest BCUT2D eigenvalue weighted by atomic mass is 35.5. The summed E-state index contributed by atoms with van der Waals surface area (Å²) in [5.41, 5.74) is 4.38. The predicted octanol–water partition coefficient (Wildman–Crippen LogP) is 5.33. The summed E-state index contributed by atoms with van der Waals surface area (Å²) in [5, 5.41) is 14.7. The number of hydrazone groups is 1. The number of hydrogen-bond acceptors (Lipinski definition) is 8. The van der Waals surface area contributed by atoms with Gasteiger partial charge in [-0.1, -0.05) is 34.8 Å². The summed E-state index contributed by atoms with van der Waals surface area (Å²) >= 11 is 18.1. The van der Waals surface area contributed by atoms with Gasteiger partial charge in [-0.3, -0.25) is 9.69 Å². The van der Waals surface area contributed by atoms with Crippen molar-refractivity contribution in [2.75, 3.05) is 58.5 Å². The molecule has 0 radical (unpaired) electrons. The number of carbonyl (C=O) groups excluding carboxylic acids is 1. The highest BCUT2D eigenvalue weighted by molar-refractivity contribution is 6.42. The molecule has 1 fully saturated rings. The van der Waals surface area contributed by atoms with Crippen molar-refractivity contribution in [3.05, 3.63) is 74.7 Å². The van der Waals surface area contributed by atoms with E-state index in [9.17, 15) is 9.90 Å². The Labute approximate surface area is 247 Å². The molecule has 4 rings (SSSR count). The molecule has 1 heterocycles. The zero-order valence-electron chi connectivity index (χ0n) is 22.0. The Morgan fingerprint density at radius 1 is 0.950 bits per heavy atom. The molecule has 0 spiro atoms. The molecule has 0 aliphatic carbocycles. The highest BCUT2D eigenvalue weighted by Crippen LogP contribution is 2.38. The van der Waals surface area contributed by atoms with Crippen molar-refractivity contribution in [3.8, 4) is 23.0 Å². The quantitative estimate of drug-likeness (QED) is 0.237. The normalized spacial score (nSPS) is 13.9. The van der Waals surface area contributed by atoms with Crippen molar-refractivity contribution >= 4 is 52.6 Å². The molecule has 1 aliphatic heterocycles. The summed E-state index contributed by atoms with van der Waals surface area (Å²) < 4.78 is 17.2. The van der Waals surface area contributed by atoms with Gasteiger partial charge in [0.05, 0.1) is 35.5 Å². The number of rotatable bonds is 10. The number of halogens is 3. The Morgan fingerprint density at radius 2 is 1.65 bits per heavy atom. The number of methoxy groups -OCH3 is 2. The van der Waals surface area contributed by atoms with E-state index in [0.29, 0.717) is 39.5 Å². The number of nitrogens with zero attached hydrogens (tertiary/aromatic N) is 3. The molecular weight excluding hydrogens is 579 g/mol. The average Bonchev–Trinajstić information content (AvgIpc) is 2.96. The summed E-state index contributed by atoms with van der Waals surface area (Å²) in [6.45, 7) is 4.69. The van der Waals surface area contributed by atoms with E-state index >= 15 is 0 Å².